The van der Waals surface area contributed by atoms with Crippen LogP contribution in [0.4, 0.5) is 0 Å². The van der Waals surface area contributed by atoms with Crippen LogP contribution >= 0.6 is 12.4 Å². The van der Waals surface area contributed by atoms with Gasteiger partial charge in [0.2, 0.25) is 15.9 Å². The fourth-order valence-corrected chi connectivity index (χ4v) is 5.22. The van der Waals surface area contributed by atoms with Crippen molar-refractivity contribution in [3.05, 3.63) is 29.8 Å². The summed E-state index contributed by atoms with van der Waals surface area (Å²) in [5.41, 5.74) is 0.835. The van der Waals surface area contributed by atoms with Gasteiger partial charge in [-0.05, 0) is 56.0 Å². The molecule has 1 aromatic rings. The largest absolute Gasteiger partial charge is 0.353 e. The van der Waals surface area contributed by atoms with Gasteiger partial charge in [0, 0.05) is 19.1 Å². The van der Waals surface area contributed by atoms with Gasteiger partial charge in [-0.1, -0.05) is 25.5 Å². The van der Waals surface area contributed by atoms with E-state index in [-0.39, 0.29) is 30.8 Å². The maximum Gasteiger partial charge on any atom is 0.243 e. The van der Waals surface area contributed by atoms with Crippen LogP contribution in [0.5, 0.6) is 0 Å². The number of amides is 1. The summed E-state index contributed by atoms with van der Waals surface area (Å²) < 4.78 is 26.9. The zero-order chi connectivity index (χ0) is 18.6. The molecule has 0 radical (unpaired) electrons. The second-order valence-electron chi connectivity index (χ2n) is 7.43. The van der Waals surface area contributed by atoms with Crippen LogP contribution in [0.3, 0.4) is 0 Å². The van der Waals surface area contributed by atoms with E-state index < -0.39 is 10.0 Å². The van der Waals surface area contributed by atoms with Crippen LogP contribution in [0.15, 0.2) is 29.2 Å². The first-order valence-corrected chi connectivity index (χ1v) is 11.0. The number of carbonyl (C=O) groups is 1. The lowest BCUT2D eigenvalue weighted by Crippen LogP contribution is -2.48. The third-order valence-corrected chi connectivity index (χ3v) is 7.29. The van der Waals surface area contributed by atoms with E-state index in [2.05, 4.69) is 17.6 Å². The fraction of sp³-hybridized carbons (Fsp3) is 0.632. The average Bonchev–Trinajstić information content (AvgIpc) is 2.65. The summed E-state index contributed by atoms with van der Waals surface area (Å²) in [7, 11) is -3.41. The molecule has 0 saturated carbocycles. The monoisotopic (exact) mass is 415 g/mol. The minimum atomic E-state index is -3.41. The third kappa shape index (κ3) is 5.67. The van der Waals surface area contributed by atoms with Crippen LogP contribution in [0.1, 0.15) is 38.2 Å². The van der Waals surface area contributed by atoms with Crippen LogP contribution in [-0.2, 0) is 21.2 Å². The zero-order valence-electron chi connectivity index (χ0n) is 15.8. The molecule has 0 spiro atoms. The smallest absolute Gasteiger partial charge is 0.243 e. The number of carbonyl (C=O) groups excluding carboxylic acids is 1. The van der Waals surface area contributed by atoms with Gasteiger partial charge in [-0.3, -0.25) is 4.79 Å². The quantitative estimate of drug-likeness (QED) is 0.770. The highest BCUT2D eigenvalue weighted by Gasteiger charge is 2.26. The van der Waals surface area contributed by atoms with Gasteiger partial charge in [0.05, 0.1) is 11.3 Å². The van der Waals surface area contributed by atoms with E-state index in [4.69, 9.17) is 0 Å². The van der Waals surface area contributed by atoms with Gasteiger partial charge >= 0.3 is 0 Å². The zero-order valence-corrected chi connectivity index (χ0v) is 17.4. The van der Waals surface area contributed by atoms with Gasteiger partial charge in [-0.15, -0.1) is 12.4 Å². The van der Waals surface area contributed by atoms with E-state index in [0.29, 0.717) is 23.9 Å². The van der Waals surface area contributed by atoms with Gasteiger partial charge < -0.3 is 10.6 Å². The van der Waals surface area contributed by atoms with Gasteiger partial charge in [-0.25, -0.2) is 8.42 Å². The number of halogens is 1. The number of rotatable bonds is 5. The molecule has 2 saturated heterocycles. The Morgan fingerprint density at radius 2 is 1.85 bits per heavy atom. The highest BCUT2D eigenvalue weighted by atomic mass is 35.5. The Morgan fingerprint density at radius 3 is 2.48 bits per heavy atom. The normalized spacial score (nSPS) is 24.0. The Hall–Kier alpha value is -1.15. The second kappa shape index (κ2) is 9.87. The molecule has 152 valence electrons. The lowest BCUT2D eigenvalue weighted by Gasteiger charge is -2.30. The first kappa shape index (κ1) is 22.1. The van der Waals surface area contributed by atoms with Crippen LogP contribution < -0.4 is 10.6 Å². The summed E-state index contributed by atoms with van der Waals surface area (Å²) in [6.45, 7) is 5.19. The summed E-state index contributed by atoms with van der Waals surface area (Å²) in [5, 5.41) is 6.43. The number of nitrogens with one attached hydrogen (secondary N) is 2. The van der Waals surface area contributed by atoms with Gasteiger partial charge in [-0.2, -0.15) is 4.31 Å². The second-order valence-corrected chi connectivity index (χ2v) is 9.37. The first-order chi connectivity index (χ1) is 12.5. The van der Waals surface area contributed by atoms with Crippen LogP contribution in [0.25, 0.3) is 0 Å². The Balaban J connectivity index is 0.00000261. The van der Waals surface area contributed by atoms with Crippen LogP contribution in [0.2, 0.25) is 0 Å². The number of hydrogen-bond donors (Lipinski definition) is 2. The third-order valence-electron chi connectivity index (χ3n) is 5.37. The summed E-state index contributed by atoms with van der Waals surface area (Å²) in [4.78, 5) is 12.6. The van der Waals surface area contributed by atoms with Gasteiger partial charge in [0.15, 0.2) is 0 Å². The molecule has 6 nitrogen and oxygen atoms in total. The summed E-state index contributed by atoms with van der Waals surface area (Å²) in [6, 6.07) is 6.96. The lowest BCUT2D eigenvalue weighted by atomic mass is 9.95. The molecule has 2 N–H and O–H groups in total. The van der Waals surface area contributed by atoms with E-state index in [0.717, 1.165) is 44.3 Å². The Bertz CT molecular complexity index is 718. The molecule has 27 heavy (non-hydrogen) atoms. The number of sulfonamides is 1. The number of hydrogen-bond acceptors (Lipinski definition) is 4. The molecule has 8 heteroatoms. The van der Waals surface area contributed by atoms with Crippen molar-refractivity contribution >= 4 is 28.3 Å². The molecule has 2 atom stereocenters. The fourth-order valence-electron chi connectivity index (χ4n) is 3.71. The predicted octanol–water partition coefficient (Wildman–Crippen LogP) is 1.94. The average molecular weight is 416 g/mol. The maximum atomic E-state index is 12.7. The Morgan fingerprint density at radius 1 is 1.19 bits per heavy atom. The minimum Gasteiger partial charge on any atom is -0.353 e. The molecular weight excluding hydrogens is 386 g/mol. The molecular formula is C19H30ClN3O3S. The Kier molecular flexibility index (Phi) is 8.09. The topological polar surface area (TPSA) is 78.5 Å². The van der Waals surface area contributed by atoms with Crippen molar-refractivity contribution in [2.45, 2.75) is 50.0 Å². The highest BCUT2D eigenvalue weighted by Crippen LogP contribution is 2.21. The number of piperidine rings is 2. The molecule has 0 aliphatic carbocycles. The summed E-state index contributed by atoms with van der Waals surface area (Å²) in [6.07, 6.45) is 4.16. The molecule has 2 aliphatic heterocycles. The molecule has 1 aromatic carbocycles. The molecule has 1 amide bonds. The Labute approximate surface area is 168 Å². The van der Waals surface area contributed by atoms with Crippen molar-refractivity contribution < 1.29 is 13.2 Å². The molecule has 2 fully saturated rings. The SMILES string of the molecule is CC1CNCCC1NC(=O)Cc1ccc(S(=O)(=O)N2CCCCC2)cc1.Cl. The van der Waals surface area contributed by atoms with Crippen molar-refractivity contribution in [1.82, 2.24) is 14.9 Å². The van der Waals surface area contributed by atoms with Crippen LogP contribution in [-0.4, -0.2) is 50.9 Å². The molecule has 2 heterocycles. The highest BCUT2D eigenvalue weighted by molar-refractivity contribution is 7.89. The van der Waals surface area contributed by atoms with Crippen LogP contribution in [0, 0.1) is 5.92 Å². The summed E-state index contributed by atoms with van der Waals surface area (Å²) >= 11 is 0. The van der Waals surface area contributed by atoms with Crippen molar-refractivity contribution in [3.8, 4) is 0 Å². The van der Waals surface area contributed by atoms with E-state index in [9.17, 15) is 13.2 Å². The van der Waals surface area contributed by atoms with E-state index >= 15 is 0 Å². The van der Waals surface area contributed by atoms with E-state index in [1.807, 2.05) is 0 Å². The van der Waals surface area contributed by atoms with Gasteiger partial charge in [0.25, 0.3) is 0 Å². The van der Waals surface area contributed by atoms with E-state index in [1.54, 1.807) is 28.6 Å². The van der Waals surface area contributed by atoms with Crippen molar-refractivity contribution in [3.63, 3.8) is 0 Å². The number of benzene rings is 1. The molecule has 0 bridgehead atoms. The molecule has 3 rings (SSSR count). The molecule has 2 unspecified atom stereocenters. The molecule has 2 aliphatic rings. The maximum absolute atomic E-state index is 12.7. The standard InChI is InChI=1S/C19H29N3O3S.ClH/c1-15-14-20-10-9-18(15)21-19(23)13-16-5-7-17(8-6-16)26(24,25)22-11-3-2-4-12-22;/h5-8,15,18,20H,2-4,9-14H2,1H3,(H,21,23);1H. The van der Waals surface area contributed by atoms with Gasteiger partial charge in [0.1, 0.15) is 0 Å². The lowest BCUT2D eigenvalue weighted by molar-refractivity contribution is -0.121. The predicted molar refractivity (Wildman–Crippen MR) is 109 cm³/mol. The number of nitrogens with zero attached hydrogens (tertiary/aromatic N) is 1. The summed E-state index contributed by atoms with van der Waals surface area (Å²) in [5.74, 6) is 0.417. The van der Waals surface area contributed by atoms with Crippen molar-refractivity contribution in [2.24, 2.45) is 5.92 Å². The first-order valence-electron chi connectivity index (χ1n) is 9.56. The molecule has 0 aromatic heterocycles. The minimum absolute atomic E-state index is 0. The van der Waals surface area contributed by atoms with Crippen molar-refractivity contribution in [1.29, 1.82) is 0 Å². The van der Waals surface area contributed by atoms with Crippen molar-refractivity contribution in [2.75, 3.05) is 26.2 Å². The van der Waals surface area contributed by atoms with E-state index in [1.165, 1.54) is 0 Å².